The van der Waals surface area contributed by atoms with Crippen molar-refractivity contribution in [3.05, 3.63) is 59.7 Å². The molecule has 2 aliphatic heterocycles. The highest BCUT2D eigenvalue weighted by Gasteiger charge is 2.54. The Hall–Kier alpha value is -2.86. The van der Waals surface area contributed by atoms with E-state index in [2.05, 4.69) is 60.8 Å². The van der Waals surface area contributed by atoms with Crippen LogP contribution in [-0.2, 0) is 4.79 Å². The van der Waals surface area contributed by atoms with Crippen molar-refractivity contribution in [2.24, 2.45) is 0 Å². The van der Waals surface area contributed by atoms with Gasteiger partial charge in [0.1, 0.15) is 6.54 Å². The number of benzene rings is 2. The number of hydrogen-bond donors (Lipinski definition) is 2. The van der Waals surface area contributed by atoms with E-state index in [0.717, 1.165) is 17.5 Å². The van der Waals surface area contributed by atoms with E-state index < -0.39 is 0 Å². The largest absolute Gasteiger partial charge is 0.394 e. The summed E-state index contributed by atoms with van der Waals surface area (Å²) < 4.78 is 0. The molecule has 0 radical (unpaired) electrons. The number of piperazine rings is 1. The Balaban J connectivity index is 1.54. The first-order valence-corrected chi connectivity index (χ1v) is 10.6. The third-order valence-electron chi connectivity index (χ3n) is 6.21. The van der Waals surface area contributed by atoms with Crippen molar-refractivity contribution in [2.45, 2.75) is 38.3 Å². The summed E-state index contributed by atoms with van der Waals surface area (Å²) in [5.41, 5.74) is 4.62. The first kappa shape index (κ1) is 20.4. The van der Waals surface area contributed by atoms with Crippen molar-refractivity contribution >= 4 is 11.9 Å². The maximum Gasteiger partial charge on any atom is 0.317 e. The zero-order valence-corrected chi connectivity index (χ0v) is 17.5. The molecule has 2 aromatic carbocycles. The molecule has 6 heteroatoms. The number of nitrogens with zero attached hydrogens (tertiary/aromatic N) is 2. The van der Waals surface area contributed by atoms with Crippen LogP contribution >= 0.6 is 0 Å². The molecule has 3 amide bonds. The third-order valence-corrected chi connectivity index (χ3v) is 6.21. The summed E-state index contributed by atoms with van der Waals surface area (Å²) in [4.78, 5) is 28.4. The van der Waals surface area contributed by atoms with Gasteiger partial charge in [0.25, 0.3) is 0 Å². The van der Waals surface area contributed by atoms with Crippen LogP contribution in [0.15, 0.2) is 48.5 Å². The molecule has 2 aliphatic rings. The van der Waals surface area contributed by atoms with E-state index in [9.17, 15) is 14.7 Å². The SMILES string of the molecule is CCCNC(=O)N1CC(=O)N2[C@@H](CO)[C@H](c3ccc(-c4cccc(C)c4)cc3)[C@@H]2C1. The Bertz CT molecular complexity index is 928. The lowest BCUT2D eigenvalue weighted by molar-refractivity contribution is -0.159. The molecular formula is C24H29N3O3. The van der Waals surface area contributed by atoms with Gasteiger partial charge in [-0.25, -0.2) is 4.79 Å². The smallest absolute Gasteiger partial charge is 0.317 e. The number of hydrogen-bond acceptors (Lipinski definition) is 3. The molecule has 0 spiro atoms. The molecule has 2 fully saturated rings. The van der Waals surface area contributed by atoms with E-state index in [1.54, 1.807) is 9.80 Å². The second kappa shape index (κ2) is 8.48. The first-order valence-electron chi connectivity index (χ1n) is 10.6. The quantitative estimate of drug-likeness (QED) is 0.801. The van der Waals surface area contributed by atoms with E-state index in [1.807, 2.05) is 6.92 Å². The predicted octanol–water partition coefficient (Wildman–Crippen LogP) is 2.75. The lowest BCUT2D eigenvalue weighted by Crippen LogP contribution is -2.73. The van der Waals surface area contributed by atoms with E-state index in [4.69, 9.17) is 0 Å². The van der Waals surface area contributed by atoms with Gasteiger partial charge in [-0.1, -0.05) is 61.0 Å². The van der Waals surface area contributed by atoms with E-state index in [0.29, 0.717) is 13.1 Å². The third kappa shape index (κ3) is 3.67. The van der Waals surface area contributed by atoms with Gasteiger partial charge in [0.15, 0.2) is 0 Å². The molecule has 158 valence electrons. The van der Waals surface area contributed by atoms with Gasteiger partial charge in [-0.05, 0) is 30.0 Å². The van der Waals surface area contributed by atoms with Crippen molar-refractivity contribution in [1.29, 1.82) is 0 Å². The summed E-state index contributed by atoms with van der Waals surface area (Å²) in [5.74, 6) is -0.0723. The molecule has 3 atom stereocenters. The zero-order chi connectivity index (χ0) is 21.3. The maximum absolute atomic E-state index is 12.7. The lowest BCUT2D eigenvalue weighted by atomic mass is 9.73. The van der Waals surface area contributed by atoms with Crippen LogP contribution in [0.2, 0.25) is 0 Å². The van der Waals surface area contributed by atoms with Gasteiger partial charge in [0, 0.05) is 19.0 Å². The highest BCUT2D eigenvalue weighted by atomic mass is 16.3. The number of fused-ring (bicyclic) bond motifs is 1. The standard InChI is InChI=1S/C24H29N3O3/c1-3-11-25-24(30)26-13-20-23(21(15-28)27(20)22(29)14-26)18-9-7-17(8-10-18)19-6-4-5-16(2)12-19/h4-10,12,20-21,23,28H,3,11,13-15H2,1-2H3,(H,25,30)/t20-,21-,23+/m0/s1. The number of aliphatic hydroxyl groups is 1. The number of aliphatic hydroxyl groups excluding tert-OH is 1. The fourth-order valence-corrected chi connectivity index (χ4v) is 4.72. The van der Waals surface area contributed by atoms with Gasteiger partial charge in [-0.3, -0.25) is 4.79 Å². The molecule has 2 saturated heterocycles. The molecule has 2 heterocycles. The molecule has 6 nitrogen and oxygen atoms in total. The number of urea groups is 1. The van der Waals surface area contributed by atoms with Crippen molar-refractivity contribution in [3.8, 4) is 11.1 Å². The molecular weight excluding hydrogens is 378 g/mol. The van der Waals surface area contributed by atoms with Crippen LogP contribution < -0.4 is 5.32 Å². The van der Waals surface area contributed by atoms with Gasteiger partial charge in [-0.2, -0.15) is 0 Å². The zero-order valence-electron chi connectivity index (χ0n) is 17.5. The van der Waals surface area contributed by atoms with E-state index in [-0.39, 0.29) is 43.1 Å². The minimum Gasteiger partial charge on any atom is -0.394 e. The molecule has 2 aromatic rings. The Morgan fingerprint density at radius 1 is 1.17 bits per heavy atom. The monoisotopic (exact) mass is 407 g/mol. The second-order valence-electron chi connectivity index (χ2n) is 8.25. The van der Waals surface area contributed by atoms with Crippen LogP contribution in [0.5, 0.6) is 0 Å². The Labute approximate surface area is 177 Å². The maximum atomic E-state index is 12.7. The number of carbonyl (C=O) groups is 2. The van der Waals surface area contributed by atoms with Crippen molar-refractivity contribution in [2.75, 3.05) is 26.2 Å². The Kier molecular flexibility index (Phi) is 5.77. The molecule has 0 bridgehead atoms. The van der Waals surface area contributed by atoms with Gasteiger partial charge in [0.05, 0.1) is 18.7 Å². The highest BCUT2D eigenvalue weighted by Crippen LogP contribution is 2.43. The van der Waals surface area contributed by atoms with Crippen molar-refractivity contribution < 1.29 is 14.7 Å². The van der Waals surface area contributed by atoms with Crippen LogP contribution in [0.1, 0.15) is 30.4 Å². The topological polar surface area (TPSA) is 72.9 Å². The average molecular weight is 408 g/mol. The summed E-state index contributed by atoms with van der Waals surface area (Å²) in [6.45, 7) is 5.16. The first-order chi connectivity index (χ1) is 14.5. The fraction of sp³-hybridized carbons (Fsp3) is 0.417. The molecule has 0 aliphatic carbocycles. The summed E-state index contributed by atoms with van der Waals surface area (Å²) in [5, 5.41) is 12.8. The van der Waals surface area contributed by atoms with Crippen LogP contribution in [0, 0.1) is 6.92 Å². The van der Waals surface area contributed by atoms with Crippen LogP contribution in [-0.4, -0.2) is 65.2 Å². The van der Waals surface area contributed by atoms with Gasteiger partial charge in [-0.15, -0.1) is 0 Å². The highest BCUT2D eigenvalue weighted by molar-refractivity contribution is 5.87. The summed E-state index contributed by atoms with van der Waals surface area (Å²) in [6, 6.07) is 16.2. The van der Waals surface area contributed by atoms with Gasteiger partial charge >= 0.3 is 6.03 Å². The van der Waals surface area contributed by atoms with Crippen molar-refractivity contribution in [1.82, 2.24) is 15.1 Å². The molecule has 0 aromatic heterocycles. The van der Waals surface area contributed by atoms with E-state index >= 15 is 0 Å². The normalized spacial score (nSPS) is 23.0. The fourth-order valence-electron chi connectivity index (χ4n) is 4.72. The van der Waals surface area contributed by atoms with Crippen LogP contribution in [0.25, 0.3) is 11.1 Å². The minimum absolute atomic E-state index is 0.0206. The molecule has 0 unspecified atom stereocenters. The molecule has 4 rings (SSSR count). The minimum atomic E-state index is -0.229. The van der Waals surface area contributed by atoms with E-state index in [1.165, 1.54) is 11.1 Å². The van der Waals surface area contributed by atoms with Crippen LogP contribution in [0.4, 0.5) is 4.79 Å². The number of nitrogens with one attached hydrogen (secondary N) is 1. The number of aryl methyl sites for hydroxylation is 1. The molecule has 0 saturated carbocycles. The Morgan fingerprint density at radius 3 is 2.60 bits per heavy atom. The van der Waals surface area contributed by atoms with Crippen molar-refractivity contribution in [3.63, 3.8) is 0 Å². The predicted molar refractivity (Wildman–Crippen MR) is 116 cm³/mol. The summed E-state index contributed by atoms with van der Waals surface area (Å²) >= 11 is 0. The average Bonchev–Trinajstić information content (AvgIpc) is 2.73. The van der Waals surface area contributed by atoms with Gasteiger partial charge in [0.2, 0.25) is 5.91 Å². The summed E-state index contributed by atoms with van der Waals surface area (Å²) in [7, 11) is 0. The van der Waals surface area contributed by atoms with Gasteiger partial charge < -0.3 is 20.2 Å². The second-order valence-corrected chi connectivity index (χ2v) is 8.25. The van der Waals surface area contributed by atoms with Crippen LogP contribution in [0.3, 0.4) is 0 Å². The number of amides is 3. The number of carbonyl (C=O) groups excluding carboxylic acids is 2. The molecule has 30 heavy (non-hydrogen) atoms. The summed E-state index contributed by atoms with van der Waals surface area (Å²) in [6.07, 6.45) is 0.853. The Morgan fingerprint density at radius 2 is 1.93 bits per heavy atom. The lowest BCUT2D eigenvalue weighted by Gasteiger charge is -2.58. The molecule has 2 N–H and O–H groups in total. The number of rotatable bonds is 5.